The summed E-state index contributed by atoms with van der Waals surface area (Å²) in [6.45, 7) is 0. The van der Waals surface area contributed by atoms with Crippen LogP contribution in [0.2, 0.25) is 0 Å². The van der Waals surface area contributed by atoms with Gasteiger partial charge in [-0.05, 0) is 28.8 Å². The first-order valence-corrected chi connectivity index (χ1v) is 12.2. The van der Waals surface area contributed by atoms with Crippen LogP contribution in [0.4, 0.5) is 0 Å². The van der Waals surface area contributed by atoms with E-state index in [0.717, 1.165) is 27.6 Å². The minimum atomic E-state index is -1.20. The van der Waals surface area contributed by atoms with E-state index in [1.54, 1.807) is 0 Å². The number of hydrogen-bond acceptors (Lipinski definition) is 3. The molecule has 0 spiro atoms. The molecule has 5 nitrogen and oxygen atoms in total. The molecule has 2 amide bonds. The van der Waals surface area contributed by atoms with E-state index in [2.05, 4.69) is 10.3 Å². The van der Waals surface area contributed by atoms with Crippen LogP contribution in [0.1, 0.15) is 22.4 Å². The van der Waals surface area contributed by atoms with Crippen molar-refractivity contribution in [1.82, 2.24) is 10.3 Å². The number of benzene rings is 4. The second kappa shape index (κ2) is 10.5. The lowest BCUT2D eigenvalue weighted by Gasteiger charge is -2.35. The van der Waals surface area contributed by atoms with Gasteiger partial charge >= 0.3 is 0 Å². The number of aromatic nitrogens is 1. The van der Waals surface area contributed by atoms with Crippen LogP contribution in [0.15, 0.2) is 127 Å². The Morgan fingerprint density at radius 3 is 1.68 bits per heavy atom. The van der Waals surface area contributed by atoms with Crippen molar-refractivity contribution in [3.05, 3.63) is 150 Å². The third kappa shape index (κ3) is 4.71. The van der Waals surface area contributed by atoms with E-state index in [1.807, 2.05) is 127 Å². The van der Waals surface area contributed by atoms with Crippen LogP contribution >= 0.6 is 0 Å². The summed E-state index contributed by atoms with van der Waals surface area (Å²) in [7, 11) is 0. The maximum Gasteiger partial charge on any atom is 0.240 e. The van der Waals surface area contributed by atoms with Gasteiger partial charge in [0.1, 0.15) is 11.5 Å². The summed E-state index contributed by atoms with van der Waals surface area (Å²) in [4.78, 5) is 31.7. The van der Waals surface area contributed by atoms with Crippen molar-refractivity contribution in [2.24, 2.45) is 5.73 Å². The van der Waals surface area contributed by atoms with Crippen molar-refractivity contribution in [2.45, 2.75) is 17.9 Å². The molecule has 182 valence electrons. The minimum absolute atomic E-state index is 0.181. The smallest absolute Gasteiger partial charge is 0.240 e. The predicted molar refractivity (Wildman–Crippen MR) is 146 cm³/mol. The van der Waals surface area contributed by atoms with E-state index in [9.17, 15) is 9.59 Å². The third-order valence-corrected chi connectivity index (χ3v) is 6.68. The standard InChI is InChI=1S/C32H27N3O2/c33-30(36)29(22-27-21-20-23-12-10-11-19-28(23)34-27)35-31(37)32(24-13-4-1-5-14-24,25-15-6-2-7-16-25)26-17-8-3-9-18-26/h1-21,29H,22H2,(H2,33,36)(H,35,37)/t29-/m1/s1. The number of carbonyl (C=O) groups excluding carboxylic acids is 2. The summed E-state index contributed by atoms with van der Waals surface area (Å²) >= 11 is 0. The molecule has 5 heteroatoms. The molecule has 0 saturated carbocycles. The topological polar surface area (TPSA) is 85.1 Å². The van der Waals surface area contributed by atoms with Crippen LogP contribution in [-0.4, -0.2) is 22.8 Å². The SMILES string of the molecule is NC(=O)[C@@H](Cc1ccc2ccccc2n1)NC(=O)C(c1ccccc1)(c1ccccc1)c1ccccc1. The summed E-state index contributed by atoms with van der Waals surface area (Å²) < 4.78 is 0. The van der Waals surface area contributed by atoms with E-state index in [0.29, 0.717) is 5.69 Å². The second-order valence-corrected chi connectivity index (χ2v) is 8.98. The molecule has 1 heterocycles. The number of primary amides is 1. The van der Waals surface area contributed by atoms with Gasteiger partial charge in [0.15, 0.2) is 0 Å². The lowest BCUT2D eigenvalue weighted by Crippen LogP contribution is -2.54. The van der Waals surface area contributed by atoms with Crippen molar-refractivity contribution < 1.29 is 9.59 Å². The van der Waals surface area contributed by atoms with Gasteiger partial charge in [-0.3, -0.25) is 14.6 Å². The van der Waals surface area contributed by atoms with E-state index >= 15 is 0 Å². The number of para-hydroxylation sites is 1. The zero-order chi connectivity index (χ0) is 25.7. The fourth-order valence-corrected chi connectivity index (χ4v) is 4.88. The Hall–Kier alpha value is -4.77. The number of nitrogens with two attached hydrogens (primary N) is 1. The average molecular weight is 486 g/mol. The van der Waals surface area contributed by atoms with E-state index in [4.69, 9.17) is 5.73 Å². The van der Waals surface area contributed by atoms with Crippen molar-refractivity contribution in [3.8, 4) is 0 Å². The molecule has 0 aliphatic carbocycles. The Labute approximate surface area is 216 Å². The molecule has 0 aliphatic rings. The Morgan fingerprint density at radius 1 is 0.676 bits per heavy atom. The predicted octanol–water partition coefficient (Wildman–Crippen LogP) is 4.78. The van der Waals surface area contributed by atoms with E-state index in [-0.39, 0.29) is 12.3 Å². The van der Waals surface area contributed by atoms with Crippen molar-refractivity contribution in [1.29, 1.82) is 0 Å². The zero-order valence-corrected chi connectivity index (χ0v) is 20.2. The van der Waals surface area contributed by atoms with Crippen molar-refractivity contribution >= 4 is 22.7 Å². The lowest BCUT2D eigenvalue weighted by atomic mass is 9.68. The third-order valence-electron chi connectivity index (χ3n) is 6.68. The van der Waals surface area contributed by atoms with Crippen LogP contribution in [0.5, 0.6) is 0 Å². The molecule has 4 aromatic carbocycles. The van der Waals surface area contributed by atoms with E-state index < -0.39 is 17.4 Å². The number of fused-ring (bicyclic) bond motifs is 1. The van der Waals surface area contributed by atoms with Crippen molar-refractivity contribution in [3.63, 3.8) is 0 Å². The molecular formula is C32H27N3O2. The quantitative estimate of drug-likeness (QED) is 0.310. The molecule has 0 bridgehead atoms. The van der Waals surface area contributed by atoms with Gasteiger partial charge in [0.25, 0.3) is 0 Å². The molecule has 1 atom stereocenters. The Balaban J connectivity index is 1.59. The molecular weight excluding hydrogens is 458 g/mol. The number of nitrogens with zero attached hydrogens (tertiary/aromatic N) is 1. The maximum absolute atomic E-state index is 14.4. The highest BCUT2D eigenvalue weighted by Gasteiger charge is 2.44. The number of hydrogen-bond donors (Lipinski definition) is 2. The number of carbonyl (C=O) groups is 2. The van der Waals surface area contributed by atoms with Crippen molar-refractivity contribution in [2.75, 3.05) is 0 Å². The first kappa shape index (κ1) is 23.9. The van der Waals surface area contributed by atoms with Gasteiger partial charge in [0.05, 0.1) is 5.52 Å². The molecule has 3 N–H and O–H groups in total. The highest BCUT2D eigenvalue weighted by atomic mass is 16.2. The molecule has 0 saturated heterocycles. The molecule has 5 rings (SSSR count). The first-order chi connectivity index (χ1) is 18.1. The average Bonchev–Trinajstić information content (AvgIpc) is 2.95. The molecule has 0 unspecified atom stereocenters. The zero-order valence-electron chi connectivity index (χ0n) is 20.2. The Morgan fingerprint density at radius 2 is 1.16 bits per heavy atom. The number of rotatable bonds is 8. The molecule has 5 aromatic rings. The highest BCUT2D eigenvalue weighted by Crippen LogP contribution is 2.39. The summed E-state index contributed by atoms with van der Waals surface area (Å²) in [6, 6.07) is 39.5. The molecule has 0 radical (unpaired) electrons. The fourth-order valence-electron chi connectivity index (χ4n) is 4.88. The van der Waals surface area contributed by atoms with Gasteiger partial charge in [-0.25, -0.2) is 0 Å². The van der Waals surface area contributed by atoms with Crippen LogP contribution in [0, 0.1) is 0 Å². The monoisotopic (exact) mass is 485 g/mol. The van der Waals surface area contributed by atoms with Gasteiger partial charge in [-0.2, -0.15) is 0 Å². The van der Waals surface area contributed by atoms with Crippen LogP contribution < -0.4 is 11.1 Å². The minimum Gasteiger partial charge on any atom is -0.368 e. The Bertz CT molecular complexity index is 1420. The molecule has 37 heavy (non-hydrogen) atoms. The highest BCUT2D eigenvalue weighted by molar-refractivity contribution is 5.98. The first-order valence-electron chi connectivity index (χ1n) is 12.2. The summed E-state index contributed by atoms with van der Waals surface area (Å²) in [5, 5.41) is 4.00. The van der Waals surface area contributed by atoms with Gasteiger partial charge < -0.3 is 11.1 Å². The molecule has 0 aliphatic heterocycles. The van der Waals surface area contributed by atoms with Crippen LogP contribution in [-0.2, 0) is 21.4 Å². The summed E-state index contributed by atoms with van der Waals surface area (Å²) in [5.41, 5.74) is 8.48. The van der Waals surface area contributed by atoms with Gasteiger partial charge in [0.2, 0.25) is 11.8 Å². The second-order valence-electron chi connectivity index (χ2n) is 8.98. The number of amides is 2. The van der Waals surface area contributed by atoms with Gasteiger partial charge in [-0.15, -0.1) is 0 Å². The summed E-state index contributed by atoms with van der Waals surface area (Å²) in [6.07, 6.45) is 0.181. The van der Waals surface area contributed by atoms with Gasteiger partial charge in [0, 0.05) is 17.5 Å². The molecule has 1 aromatic heterocycles. The maximum atomic E-state index is 14.4. The molecule has 0 fully saturated rings. The fraction of sp³-hybridized carbons (Fsp3) is 0.0938. The summed E-state index contributed by atoms with van der Waals surface area (Å²) in [5.74, 6) is -0.952. The van der Waals surface area contributed by atoms with Gasteiger partial charge in [-0.1, -0.05) is 115 Å². The van der Waals surface area contributed by atoms with Crippen LogP contribution in [0.3, 0.4) is 0 Å². The normalized spacial score (nSPS) is 12.1. The largest absolute Gasteiger partial charge is 0.368 e. The van der Waals surface area contributed by atoms with E-state index in [1.165, 1.54) is 0 Å². The number of pyridine rings is 1. The lowest BCUT2D eigenvalue weighted by molar-refractivity contribution is -0.129. The number of nitrogens with one attached hydrogen (secondary N) is 1. The Kier molecular flexibility index (Phi) is 6.77. The van der Waals surface area contributed by atoms with Crippen LogP contribution in [0.25, 0.3) is 10.9 Å².